The first kappa shape index (κ1) is 15.0. The van der Waals surface area contributed by atoms with Crippen LogP contribution in [0, 0.1) is 0 Å². The van der Waals surface area contributed by atoms with Crippen molar-refractivity contribution < 1.29 is 4.79 Å². The standard InChI is InChI=1S/C16H23N5O/c1-19(2)9-10-21(14-5-3-4-6-14)16(22)13-7-8-15-18-17-12-20(15)11-13/h7-8,11-12,14H,3-6,9-10H2,1-2H3. The molecule has 3 rings (SSSR count). The Morgan fingerprint density at radius 3 is 2.77 bits per heavy atom. The molecule has 22 heavy (non-hydrogen) atoms. The van der Waals surface area contributed by atoms with Gasteiger partial charge in [0.15, 0.2) is 5.65 Å². The van der Waals surface area contributed by atoms with Gasteiger partial charge in [-0.3, -0.25) is 9.20 Å². The van der Waals surface area contributed by atoms with E-state index in [1.54, 1.807) is 10.7 Å². The van der Waals surface area contributed by atoms with Gasteiger partial charge in [-0.05, 0) is 39.1 Å². The molecule has 118 valence electrons. The third-order valence-corrected chi connectivity index (χ3v) is 4.35. The minimum atomic E-state index is 0.115. The number of hydrogen-bond donors (Lipinski definition) is 0. The molecule has 0 saturated heterocycles. The molecule has 2 heterocycles. The van der Waals surface area contributed by atoms with E-state index in [0.717, 1.165) is 31.6 Å². The third-order valence-electron chi connectivity index (χ3n) is 4.35. The van der Waals surface area contributed by atoms with Gasteiger partial charge in [0.2, 0.25) is 0 Å². The summed E-state index contributed by atoms with van der Waals surface area (Å²) in [6.45, 7) is 1.66. The lowest BCUT2D eigenvalue weighted by Gasteiger charge is -2.30. The molecule has 2 aromatic rings. The smallest absolute Gasteiger partial charge is 0.255 e. The third kappa shape index (κ3) is 3.11. The fourth-order valence-electron chi connectivity index (χ4n) is 3.09. The zero-order valence-electron chi connectivity index (χ0n) is 13.3. The van der Waals surface area contributed by atoms with E-state index < -0.39 is 0 Å². The van der Waals surface area contributed by atoms with Crippen molar-refractivity contribution in [3.05, 3.63) is 30.2 Å². The monoisotopic (exact) mass is 301 g/mol. The van der Waals surface area contributed by atoms with Crippen LogP contribution in [0.2, 0.25) is 0 Å². The molecule has 0 bridgehead atoms. The van der Waals surface area contributed by atoms with Crippen LogP contribution in [0.1, 0.15) is 36.0 Å². The number of aromatic nitrogens is 3. The van der Waals surface area contributed by atoms with Crippen molar-refractivity contribution in [1.29, 1.82) is 0 Å². The van der Waals surface area contributed by atoms with E-state index in [1.807, 2.05) is 32.4 Å². The van der Waals surface area contributed by atoms with Crippen molar-refractivity contribution >= 4 is 11.6 Å². The summed E-state index contributed by atoms with van der Waals surface area (Å²) in [5.74, 6) is 0.115. The van der Waals surface area contributed by atoms with Crippen molar-refractivity contribution in [2.24, 2.45) is 0 Å². The maximum absolute atomic E-state index is 13.0. The van der Waals surface area contributed by atoms with E-state index >= 15 is 0 Å². The lowest BCUT2D eigenvalue weighted by molar-refractivity contribution is 0.0667. The first-order valence-electron chi connectivity index (χ1n) is 7.90. The lowest BCUT2D eigenvalue weighted by Crippen LogP contribution is -2.42. The molecule has 0 aliphatic heterocycles. The van der Waals surface area contributed by atoms with Crippen molar-refractivity contribution in [1.82, 2.24) is 24.4 Å². The number of fused-ring (bicyclic) bond motifs is 1. The van der Waals surface area contributed by atoms with E-state index in [9.17, 15) is 4.79 Å². The van der Waals surface area contributed by atoms with Crippen LogP contribution in [0.15, 0.2) is 24.7 Å². The summed E-state index contributed by atoms with van der Waals surface area (Å²) >= 11 is 0. The second kappa shape index (κ2) is 6.44. The molecule has 1 amide bonds. The molecule has 0 N–H and O–H groups in total. The SMILES string of the molecule is CN(C)CCN(C(=O)c1ccc2nncn2c1)C1CCCC1. The van der Waals surface area contributed by atoms with Crippen LogP contribution in [0.5, 0.6) is 0 Å². The van der Waals surface area contributed by atoms with Gasteiger partial charge in [-0.1, -0.05) is 12.8 Å². The molecule has 0 unspecified atom stereocenters. The Kier molecular flexibility index (Phi) is 4.38. The van der Waals surface area contributed by atoms with Gasteiger partial charge in [0.25, 0.3) is 5.91 Å². The number of rotatable bonds is 5. The summed E-state index contributed by atoms with van der Waals surface area (Å²) in [6.07, 6.45) is 8.14. The largest absolute Gasteiger partial charge is 0.334 e. The Labute approximate surface area is 130 Å². The number of hydrogen-bond acceptors (Lipinski definition) is 4. The van der Waals surface area contributed by atoms with Crippen LogP contribution in [0.4, 0.5) is 0 Å². The highest BCUT2D eigenvalue weighted by Crippen LogP contribution is 2.25. The van der Waals surface area contributed by atoms with E-state index in [1.165, 1.54) is 12.8 Å². The van der Waals surface area contributed by atoms with Gasteiger partial charge in [0, 0.05) is 25.3 Å². The Morgan fingerprint density at radius 1 is 1.27 bits per heavy atom. The summed E-state index contributed by atoms with van der Waals surface area (Å²) in [5.41, 5.74) is 1.47. The Morgan fingerprint density at radius 2 is 2.05 bits per heavy atom. The van der Waals surface area contributed by atoms with Crippen molar-refractivity contribution in [3.63, 3.8) is 0 Å². The highest BCUT2D eigenvalue weighted by atomic mass is 16.2. The van der Waals surface area contributed by atoms with Gasteiger partial charge in [0.05, 0.1) is 5.56 Å². The highest BCUT2D eigenvalue weighted by molar-refractivity contribution is 5.94. The maximum atomic E-state index is 13.0. The van der Waals surface area contributed by atoms with Gasteiger partial charge >= 0.3 is 0 Å². The summed E-state index contributed by atoms with van der Waals surface area (Å²) in [7, 11) is 4.08. The molecule has 0 radical (unpaired) electrons. The molecule has 1 fully saturated rings. The predicted molar refractivity (Wildman–Crippen MR) is 84.8 cm³/mol. The predicted octanol–water partition coefficient (Wildman–Crippen LogP) is 1.68. The number of carbonyl (C=O) groups excluding carboxylic acids is 1. The zero-order chi connectivity index (χ0) is 15.5. The zero-order valence-corrected chi connectivity index (χ0v) is 13.3. The molecular weight excluding hydrogens is 278 g/mol. The lowest BCUT2D eigenvalue weighted by atomic mass is 10.1. The van der Waals surface area contributed by atoms with Crippen LogP contribution in [0.25, 0.3) is 5.65 Å². The topological polar surface area (TPSA) is 53.7 Å². The number of carbonyl (C=O) groups is 1. The first-order chi connectivity index (χ1) is 10.6. The Bertz CT molecular complexity index is 645. The number of nitrogens with zero attached hydrogens (tertiary/aromatic N) is 5. The second-order valence-electron chi connectivity index (χ2n) is 6.25. The normalized spacial score (nSPS) is 15.8. The number of pyridine rings is 1. The first-order valence-corrected chi connectivity index (χ1v) is 7.90. The van der Waals surface area contributed by atoms with E-state index in [4.69, 9.17) is 0 Å². The molecule has 6 heteroatoms. The van der Waals surface area contributed by atoms with E-state index in [-0.39, 0.29) is 5.91 Å². The van der Waals surface area contributed by atoms with Crippen LogP contribution < -0.4 is 0 Å². The van der Waals surface area contributed by atoms with Crippen molar-refractivity contribution in [2.45, 2.75) is 31.7 Å². The van der Waals surface area contributed by atoms with E-state index in [0.29, 0.717) is 11.6 Å². The molecule has 1 saturated carbocycles. The second-order valence-corrected chi connectivity index (χ2v) is 6.25. The van der Waals surface area contributed by atoms with Gasteiger partial charge in [-0.2, -0.15) is 0 Å². The van der Waals surface area contributed by atoms with Gasteiger partial charge in [-0.25, -0.2) is 0 Å². The molecule has 0 spiro atoms. The van der Waals surface area contributed by atoms with Crippen LogP contribution in [-0.2, 0) is 0 Å². The fourth-order valence-corrected chi connectivity index (χ4v) is 3.09. The van der Waals surface area contributed by atoms with Crippen molar-refractivity contribution in [2.75, 3.05) is 27.2 Å². The van der Waals surface area contributed by atoms with Gasteiger partial charge < -0.3 is 9.80 Å². The molecule has 0 aromatic carbocycles. The molecule has 1 aliphatic carbocycles. The van der Waals surface area contributed by atoms with Crippen LogP contribution in [0.3, 0.4) is 0 Å². The summed E-state index contributed by atoms with van der Waals surface area (Å²) < 4.78 is 1.80. The minimum Gasteiger partial charge on any atom is -0.334 e. The fraction of sp³-hybridized carbons (Fsp3) is 0.562. The molecule has 2 aromatic heterocycles. The highest BCUT2D eigenvalue weighted by Gasteiger charge is 2.27. The summed E-state index contributed by atoms with van der Waals surface area (Å²) in [6, 6.07) is 4.08. The molecule has 1 aliphatic rings. The van der Waals surface area contributed by atoms with Gasteiger partial charge in [-0.15, -0.1) is 10.2 Å². The minimum absolute atomic E-state index is 0.115. The number of amides is 1. The Hall–Kier alpha value is -1.95. The Balaban J connectivity index is 1.82. The van der Waals surface area contributed by atoms with Gasteiger partial charge in [0.1, 0.15) is 6.33 Å². The van der Waals surface area contributed by atoms with Crippen LogP contribution >= 0.6 is 0 Å². The van der Waals surface area contributed by atoms with Crippen LogP contribution in [-0.4, -0.2) is 63.5 Å². The maximum Gasteiger partial charge on any atom is 0.255 e. The van der Waals surface area contributed by atoms with Crippen molar-refractivity contribution in [3.8, 4) is 0 Å². The molecule has 6 nitrogen and oxygen atoms in total. The average Bonchev–Trinajstić information content (AvgIpc) is 3.17. The molecular formula is C16H23N5O. The summed E-state index contributed by atoms with van der Waals surface area (Å²) in [5, 5.41) is 7.85. The summed E-state index contributed by atoms with van der Waals surface area (Å²) in [4.78, 5) is 17.1. The molecule has 0 atom stereocenters. The number of likely N-dealkylation sites (N-methyl/N-ethyl adjacent to an activating group) is 1. The van der Waals surface area contributed by atoms with E-state index in [2.05, 4.69) is 20.0 Å². The quantitative estimate of drug-likeness (QED) is 0.843. The average molecular weight is 301 g/mol.